The van der Waals surface area contributed by atoms with Gasteiger partial charge in [0, 0.05) is 12.8 Å². The Labute approximate surface area is 282 Å². The first-order chi connectivity index (χ1) is 22.6. The van der Waals surface area contributed by atoms with Crippen molar-refractivity contribution in [2.75, 3.05) is 0 Å². The monoisotopic (exact) mass is 634 g/mol. The zero-order chi connectivity index (χ0) is 33.6. The fourth-order valence-corrected chi connectivity index (χ4v) is 4.69. The standard InChI is InChI=1S/C42H66O4/c1-3-5-7-9-11-13-15-17-18-20-22-24-26-31-35-39-42(45)46-40(37-33-29-27-30-34-38-41(43)44)36-32-28-25-23-21-19-16-14-12-10-8-6-4-2/h5-8,11-14,17-19,21-22,24-25,28,40H,3-4,9-10,15-16,20,23,26-27,29-39H2,1-2H3,(H,43,44)/b7-5-,8-6-,13-11-,14-12-,18-17-,21-19-,24-22-,28-25-. The molecule has 1 unspecified atom stereocenters. The van der Waals surface area contributed by atoms with E-state index >= 15 is 0 Å². The molecular weight excluding hydrogens is 568 g/mol. The SMILES string of the molecule is CC/C=C\C/C=C\C/C=C\C/C=C\CCCCC(=O)OC(CC/C=C\C/C=C\C/C=C\C/C=C\CC)CCCCCCCC(=O)O. The van der Waals surface area contributed by atoms with Gasteiger partial charge in [0.05, 0.1) is 0 Å². The number of hydrogen-bond donors (Lipinski definition) is 1. The van der Waals surface area contributed by atoms with Gasteiger partial charge in [0.15, 0.2) is 0 Å². The lowest BCUT2D eigenvalue weighted by Gasteiger charge is -2.17. The summed E-state index contributed by atoms with van der Waals surface area (Å²) in [4.78, 5) is 23.3. The third-order valence-corrected chi connectivity index (χ3v) is 7.31. The van der Waals surface area contributed by atoms with Gasteiger partial charge in [-0.2, -0.15) is 0 Å². The zero-order valence-corrected chi connectivity index (χ0v) is 29.3. The van der Waals surface area contributed by atoms with Crippen molar-refractivity contribution in [1.29, 1.82) is 0 Å². The Morgan fingerprint density at radius 1 is 0.478 bits per heavy atom. The normalized spacial score (nSPS) is 13.4. The number of esters is 1. The van der Waals surface area contributed by atoms with E-state index in [2.05, 4.69) is 111 Å². The molecule has 0 aromatic heterocycles. The molecule has 4 nitrogen and oxygen atoms in total. The molecule has 46 heavy (non-hydrogen) atoms. The summed E-state index contributed by atoms with van der Waals surface area (Å²) in [6.07, 6.45) is 54.1. The molecule has 0 saturated heterocycles. The fraction of sp³-hybridized carbons (Fsp3) is 0.571. The van der Waals surface area contributed by atoms with E-state index in [9.17, 15) is 9.59 Å². The molecule has 0 saturated carbocycles. The van der Waals surface area contributed by atoms with Gasteiger partial charge < -0.3 is 9.84 Å². The van der Waals surface area contributed by atoms with E-state index in [1.807, 2.05) is 0 Å². The van der Waals surface area contributed by atoms with Crippen LogP contribution >= 0.6 is 0 Å². The maximum absolute atomic E-state index is 12.6. The molecule has 0 radical (unpaired) electrons. The number of allylic oxidation sites excluding steroid dienone is 16. The Morgan fingerprint density at radius 3 is 1.39 bits per heavy atom. The number of carboxylic acid groups (broad SMARTS) is 1. The van der Waals surface area contributed by atoms with Crippen LogP contribution in [0.1, 0.15) is 149 Å². The van der Waals surface area contributed by atoms with Crippen LogP contribution < -0.4 is 0 Å². The number of rotatable bonds is 31. The average molecular weight is 635 g/mol. The highest BCUT2D eigenvalue weighted by molar-refractivity contribution is 5.69. The summed E-state index contributed by atoms with van der Waals surface area (Å²) in [6.45, 7) is 4.30. The van der Waals surface area contributed by atoms with Crippen molar-refractivity contribution in [2.45, 2.75) is 155 Å². The van der Waals surface area contributed by atoms with E-state index in [0.29, 0.717) is 6.42 Å². The van der Waals surface area contributed by atoms with Gasteiger partial charge in [-0.1, -0.05) is 130 Å². The maximum Gasteiger partial charge on any atom is 0.306 e. The quantitative estimate of drug-likeness (QED) is 0.0468. The first kappa shape index (κ1) is 42.9. The maximum atomic E-state index is 12.6. The van der Waals surface area contributed by atoms with Gasteiger partial charge in [-0.05, 0) is 103 Å². The summed E-state index contributed by atoms with van der Waals surface area (Å²) < 4.78 is 5.92. The molecule has 0 rings (SSSR count). The van der Waals surface area contributed by atoms with Crippen molar-refractivity contribution in [2.24, 2.45) is 0 Å². The summed E-state index contributed by atoms with van der Waals surface area (Å²) in [7, 11) is 0. The molecule has 0 fully saturated rings. The molecule has 0 aliphatic heterocycles. The highest BCUT2D eigenvalue weighted by Crippen LogP contribution is 2.16. The summed E-state index contributed by atoms with van der Waals surface area (Å²) in [6, 6.07) is 0. The van der Waals surface area contributed by atoms with Crippen molar-refractivity contribution in [3.63, 3.8) is 0 Å². The topological polar surface area (TPSA) is 63.6 Å². The van der Waals surface area contributed by atoms with Gasteiger partial charge in [0.1, 0.15) is 6.10 Å². The average Bonchev–Trinajstić information content (AvgIpc) is 3.04. The second kappa shape index (κ2) is 36.3. The molecule has 4 heteroatoms. The predicted octanol–water partition coefficient (Wildman–Crippen LogP) is 12.7. The summed E-state index contributed by atoms with van der Waals surface area (Å²) in [5, 5.41) is 8.80. The van der Waals surface area contributed by atoms with E-state index in [4.69, 9.17) is 9.84 Å². The largest absolute Gasteiger partial charge is 0.481 e. The second-order valence-electron chi connectivity index (χ2n) is 11.6. The minimum absolute atomic E-state index is 0.0482. The van der Waals surface area contributed by atoms with Crippen molar-refractivity contribution < 1.29 is 19.4 Å². The Bertz CT molecular complexity index is 945. The van der Waals surface area contributed by atoms with Crippen LogP contribution in [0.15, 0.2) is 97.2 Å². The summed E-state index contributed by atoms with van der Waals surface area (Å²) >= 11 is 0. The van der Waals surface area contributed by atoms with Crippen LogP contribution in [0, 0.1) is 0 Å². The number of carboxylic acids is 1. The van der Waals surface area contributed by atoms with Gasteiger partial charge in [0.25, 0.3) is 0 Å². The molecule has 0 spiro atoms. The van der Waals surface area contributed by atoms with Crippen LogP contribution in [-0.2, 0) is 14.3 Å². The van der Waals surface area contributed by atoms with Crippen LogP contribution in [0.3, 0.4) is 0 Å². The van der Waals surface area contributed by atoms with Crippen LogP contribution in [0.25, 0.3) is 0 Å². The van der Waals surface area contributed by atoms with Gasteiger partial charge >= 0.3 is 11.9 Å². The Balaban J connectivity index is 4.32. The summed E-state index contributed by atoms with van der Waals surface area (Å²) in [5.41, 5.74) is 0. The van der Waals surface area contributed by atoms with E-state index in [1.54, 1.807) is 0 Å². The number of hydrogen-bond acceptors (Lipinski definition) is 3. The number of unbranched alkanes of at least 4 members (excludes halogenated alkanes) is 6. The van der Waals surface area contributed by atoms with E-state index in [-0.39, 0.29) is 18.5 Å². The lowest BCUT2D eigenvalue weighted by Crippen LogP contribution is -2.18. The third-order valence-electron chi connectivity index (χ3n) is 7.31. The highest BCUT2D eigenvalue weighted by atomic mass is 16.5. The number of carbonyl (C=O) groups is 2. The lowest BCUT2D eigenvalue weighted by atomic mass is 10.0. The Kier molecular flexibility index (Phi) is 33.8. The molecule has 1 N–H and O–H groups in total. The fourth-order valence-electron chi connectivity index (χ4n) is 4.69. The highest BCUT2D eigenvalue weighted by Gasteiger charge is 2.13. The Hall–Kier alpha value is -3.14. The van der Waals surface area contributed by atoms with E-state index in [1.165, 1.54) is 0 Å². The van der Waals surface area contributed by atoms with Crippen molar-refractivity contribution in [3.8, 4) is 0 Å². The molecule has 0 aromatic rings. The minimum atomic E-state index is -0.721. The first-order valence-electron chi connectivity index (χ1n) is 18.2. The van der Waals surface area contributed by atoms with Gasteiger partial charge in [-0.15, -0.1) is 0 Å². The lowest BCUT2D eigenvalue weighted by molar-refractivity contribution is -0.150. The van der Waals surface area contributed by atoms with Crippen LogP contribution in [0.2, 0.25) is 0 Å². The van der Waals surface area contributed by atoms with Crippen LogP contribution in [0.5, 0.6) is 0 Å². The van der Waals surface area contributed by atoms with Gasteiger partial charge in [0.2, 0.25) is 0 Å². The van der Waals surface area contributed by atoms with Crippen LogP contribution in [-0.4, -0.2) is 23.1 Å². The van der Waals surface area contributed by atoms with Gasteiger partial charge in [-0.3, -0.25) is 9.59 Å². The van der Waals surface area contributed by atoms with Crippen molar-refractivity contribution in [1.82, 2.24) is 0 Å². The predicted molar refractivity (Wildman–Crippen MR) is 199 cm³/mol. The van der Waals surface area contributed by atoms with E-state index in [0.717, 1.165) is 122 Å². The number of ether oxygens (including phenoxy) is 1. The third kappa shape index (κ3) is 35.3. The zero-order valence-electron chi connectivity index (χ0n) is 29.3. The smallest absolute Gasteiger partial charge is 0.306 e. The molecular formula is C42H66O4. The molecule has 0 amide bonds. The molecule has 0 aliphatic rings. The molecule has 0 bridgehead atoms. The van der Waals surface area contributed by atoms with Crippen molar-refractivity contribution in [3.05, 3.63) is 97.2 Å². The molecule has 0 aliphatic carbocycles. The molecule has 1 atom stereocenters. The number of aliphatic carboxylic acids is 1. The van der Waals surface area contributed by atoms with Gasteiger partial charge in [-0.25, -0.2) is 0 Å². The number of carbonyl (C=O) groups excluding carboxylic acids is 1. The first-order valence-corrected chi connectivity index (χ1v) is 18.2. The molecule has 0 aromatic carbocycles. The second-order valence-corrected chi connectivity index (χ2v) is 11.6. The van der Waals surface area contributed by atoms with E-state index < -0.39 is 5.97 Å². The Morgan fingerprint density at radius 2 is 0.891 bits per heavy atom. The molecule has 258 valence electrons. The van der Waals surface area contributed by atoms with Crippen molar-refractivity contribution >= 4 is 11.9 Å². The van der Waals surface area contributed by atoms with Crippen LogP contribution in [0.4, 0.5) is 0 Å². The molecule has 0 heterocycles. The summed E-state index contributed by atoms with van der Waals surface area (Å²) in [5.74, 6) is -0.803. The minimum Gasteiger partial charge on any atom is -0.481 e.